The largest absolute Gasteiger partial charge is 0.463 e. The van der Waals surface area contributed by atoms with Gasteiger partial charge in [0.2, 0.25) is 0 Å². The van der Waals surface area contributed by atoms with Gasteiger partial charge in [-0.2, -0.15) is 0 Å². The molecule has 6 nitrogen and oxygen atoms in total. The monoisotopic (exact) mass is 258 g/mol. The van der Waals surface area contributed by atoms with E-state index in [9.17, 15) is 14.4 Å². The van der Waals surface area contributed by atoms with Gasteiger partial charge < -0.3 is 14.2 Å². The van der Waals surface area contributed by atoms with Gasteiger partial charge in [0, 0.05) is 0 Å². The molecule has 0 unspecified atom stereocenters. The molecule has 0 rings (SSSR count). The molecule has 0 atom stereocenters. The highest BCUT2D eigenvalue weighted by Gasteiger charge is 2.27. The Morgan fingerprint density at radius 2 is 1.06 bits per heavy atom. The molecule has 0 spiro atoms. The fourth-order valence-electron chi connectivity index (χ4n) is 1.14. The Balaban J connectivity index is 5.29. The zero-order valence-electron chi connectivity index (χ0n) is 11.1. The Morgan fingerprint density at radius 1 is 0.722 bits per heavy atom. The summed E-state index contributed by atoms with van der Waals surface area (Å²) in [6.07, 6.45) is 0. The Bertz CT molecular complexity index is 336. The third kappa shape index (κ3) is 4.57. The smallest absolute Gasteiger partial charge is 0.346 e. The minimum absolute atomic E-state index is 0.0951. The molecule has 18 heavy (non-hydrogen) atoms. The minimum atomic E-state index is -0.887. The van der Waals surface area contributed by atoms with E-state index < -0.39 is 23.5 Å². The van der Waals surface area contributed by atoms with Crippen LogP contribution in [0.15, 0.2) is 11.1 Å². The number of hydrogen-bond acceptors (Lipinski definition) is 6. The first kappa shape index (κ1) is 16.1. The van der Waals surface area contributed by atoms with Gasteiger partial charge in [0.25, 0.3) is 0 Å². The predicted octanol–water partition coefficient (Wildman–Crippen LogP) is 0.992. The molecule has 0 bridgehead atoms. The molecule has 102 valence electrons. The van der Waals surface area contributed by atoms with Crippen molar-refractivity contribution in [3.63, 3.8) is 0 Å². The first-order chi connectivity index (χ1) is 8.49. The molecule has 0 radical (unpaired) electrons. The van der Waals surface area contributed by atoms with Crippen LogP contribution in [0.4, 0.5) is 0 Å². The molecule has 0 aromatic carbocycles. The Labute approximate surface area is 106 Å². The lowest BCUT2D eigenvalue weighted by Gasteiger charge is -2.09. The van der Waals surface area contributed by atoms with Gasteiger partial charge in [-0.15, -0.1) is 0 Å². The summed E-state index contributed by atoms with van der Waals surface area (Å²) in [6.45, 7) is 6.48. The van der Waals surface area contributed by atoms with Crippen molar-refractivity contribution in [1.82, 2.24) is 0 Å². The normalized spacial score (nSPS) is 9.33. The highest BCUT2D eigenvalue weighted by Crippen LogP contribution is 2.11. The van der Waals surface area contributed by atoms with Crippen LogP contribution >= 0.6 is 0 Å². The molecule has 0 N–H and O–H groups in total. The summed E-state index contributed by atoms with van der Waals surface area (Å²) in [7, 11) is 0. The summed E-state index contributed by atoms with van der Waals surface area (Å²) < 4.78 is 14.2. The van der Waals surface area contributed by atoms with Crippen molar-refractivity contribution in [3.8, 4) is 0 Å². The van der Waals surface area contributed by atoms with Crippen molar-refractivity contribution in [2.75, 3.05) is 19.8 Å². The lowest BCUT2D eigenvalue weighted by molar-refractivity contribution is -0.148. The second kappa shape index (κ2) is 8.27. The molecule has 0 fully saturated rings. The first-order valence-corrected chi connectivity index (χ1v) is 5.71. The van der Waals surface area contributed by atoms with Crippen molar-refractivity contribution < 1.29 is 28.6 Å². The van der Waals surface area contributed by atoms with Crippen molar-refractivity contribution in [2.24, 2.45) is 0 Å². The van der Waals surface area contributed by atoms with Gasteiger partial charge in [-0.3, -0.25) is 0 Å². The SMILES string of the molecule is CCOC(=O)C(C)=C(C(=O)OCC)C(=O)OCC. The van der Waals surface area contributed by atoms with Crippen molar-refractivity contribution in [3.05, 3.63) is 11.1 Å². The number of ether oxygens (including phenoxy) is 3. The molecule has 0 aliphatic heterocycles. The summed E-state index contributed by atoms with van der Waals surface area (Å²) in [5.41, 5.74) is -0.536. The van der Waals surface area contributed by atoms with Crippen LogP contribution in [-0.2, 0) is 28.6 Å². The topological polar surface area (TPSA) is 78.9 Å². The van der Waals surface area contributed by atoms with E-state index in [0.29, 0.717) is 0 Å². The number of carbonyl (C=O) groups is 3. The second-order valence-electron chi connectivity index (χ2n) is 3.16. The average Bonchev–Trinajstić information content (AvgIpc) is 2.30. The first-order valence-electron chi connectivity index (χ1n) is 5.71. The van der Waals surface area contributed by atoms with Crippen LogP contribution in [0.3, 0.4) is 0 Å². The third-order valence-electron chi connectivity index (χ3n) is 1.92. The third-order valence-corrected chi connectivity index (χ3v) is 1.92. The van der Waals surface area contributed by atoms with Crippen molar-refractivity contribution >= 4 is 17.9 Å². The zero-order chi connectivity index (χ0) is 14.1. The van der Waals surface area contributed by atoms with Crippen LogP contribution in [0.5, 0.6) is 0 Å². The molecule has 6 heteroatoms. The lowest BCUT2D eigenvalue weighted by atomic mass is 10.1. The van der Waals surface area contributed by atoms with Crippen LogP contribution in [0.2, 0.25) is 0 Å². The van der Waals surface area contributed by atoms with Crippen LogP contribution in [-0.4, -0.2) is 37.7 Å². The van der Waals surface area contributed by atoms with E-state index in [1.54, 1.807) is 20.8 Å². The van der Waals surface area contributed by atoms with Crippen molar-refractivity contribution in [1.29, 1.82) is 0 Å². The molecule has 0 aromatic heterocycles. The van der Waals surface area contributed by atoms with Gasteiger partial charge in [-0.05, 0) is 27.7 Å². The Hall–Kier alpha value is -1.85. The van der Waals surface area contributed by atoms with Crippen LogP contribution in [0, 0.1) is 0 Å². The van der Waals surface area contributed by atoms with Gasteiger partial charge in [-0.1, -0.05) is 0 Å². The maximum Gasteiger partial charge on any atom is 0.346 e. The number of hydrogen-bond donors (Lipinski definition) is 0. The molecule has 0 saturated heterocycles. The molecule has 0 amide bonds. The molecule has 0 saturated carbocycles. The van der Waals surface area contributed by atoms with Crippen LogP contribution in [0.25, 0.3) is 0 Å². The summed E-state index contributed by atoms with van der Waals surface area (Å²) in [5.74, 6) is -2.52. The standard InChI is InChI=1S/C12H18O6/c1-5-16-10(13)8(4)9(11(14)17-6-2)12(15)18-7-3/h5-7H2,1-4H3. The molecule has 0 aliphatic rings. The highest BCUT2D eigenvalue weighted by molar-refractivity contribution is 6.18. The molecule has 0 heterocycles. The van der Waals surface area contributed by atoms with Gasteiger partial charge in [0.15, 0.2) is 5.57 Å². The predicted molar refractivity (Wildman–Crippen MR) is 62.6 cm³/mol. The molecule has 0 aliphatic carbocycles. The summed E-state index contributed by atoms with van der Waals surface area (Å²) in [4.78, 5) is 34.7. The summed E-state index contributed by atoms with van der Waals surface area (Å²) >= 11 is 0. The van der Waals surface area contributed by atoms with Gasteiger partial charge in [-0.25, -0.2) is 14.4 Å². The van der Waals surface area contributed by atoms with E-state index >= 15 is 0 Å². The van der Waals surface area contributed by atoms with Gasteiger partial charge in [0.1, 0.15) is 0 Å². The summed E-state index contributed by atoms with van der Waals surface area (Å²) in [5, 5.41) is 0. The lowest BCUT2D eigenvalue weighted by Crippen LogP contribution is -2.23. The fourth-order valence-corrected chi connectivity index (χ4v) is 1.14. The van der Waals surface area contributed by atoms with E-state index in [2.05, 4.69) is 0 Å². The number of rotatable bonds is 6. The van der Waals surface area contributed by atoms with Crippen LogP contribution in [0.1, 0.15) is 27.7 Å². The van der Waals surface area contributed by atoms with Gasteiger partial charge in [0.05, 0.1) is 25.4 Å². The van der Waals surface area contributed by atoms with E-state index in [4.69, 9.17) is 14.2 Å². The van der Waals surface area contributed by atoms with Crippen molar-refractivity contribution in [2.45, 2.75) is 27.7 Å². The number of carbonyl (C=O) groups excluding carboxylic acids is 3. The zero-order valence-corrected chi connectivity index (χ0v) is 11.1. The minimum Gasteiger partial charge on any atom is -0.463 e. The van der Waals surface area contributed by atoms with E-state index in [1.807, 2.05) is 0 Å². The average molecular weight is 258 g/mol. The van der Waals surface area contributed by atoms with E-state index in [1.165, 1.54) is 6.92 Å². The molecular formula is C12H18O6. The second-order valence-corrected chi connectivity index (χ2v) is 3.16. The molecular weight excluding hydrogens is 240 g/mol. The quantitative estimate of drug-likeness (QED) is 0.232. The highest BCUT2D eigenvalue weighted by atomic mass is 16.6. The Morgan fingerprint density at radius 3 is 1.39 bits per heavy atom. The van der Waals surface area contributed by atoms with E-state index in [-0.39, 0.29) is 25.4 Å². The van der Waals surface area contributed by atoms with Gasteiger partial charge >= 0.3 is 17.9 Å². The van der Waals surface area contributed by atoms with Crippen LogP contribution < -0.4 is 0 Å². The number of esters is 3. The summed E-state index contributed by atoms with van der Waals surface area (Å²) in [6, 6.07) is 0. The van der Waals surface area contributed by atoms with E-state index in [0.717, 1.165) is 0 Å². The maximum absolute atomic E-state index is 11.6. The maximum atomic E-state index is 11.6. The Kier molecular flexibility index (Phi) is 7.42. The fraction of sp³-hybridized carbons (Fsp3) is 0.583. The molecule has 0 aromatic rings.